The second-order valence-electron chi connectivity index (χ2n) is 4.35. The quantitative estimate of drug-likeness (QED) is 0.715. The zero-order valence-electron chi connectivity index (χ0n) is 9.98. The average Bonchev–Trinajstić information content (AvgIpc) is 2.51. The number of carbonyl (C=O) groups is 1. The van der Waals surface area contributed by atoms with Crippen molar-refractivity contribution in [1.82, 2.24) is 19.7 Å². The standard InChI is InChI=1S/C10H18N4O/c1-10(2,13(3)4)8(15)6-9-11-7-12-14(9)5/h7H,6H2,1-5H3. The minimum atomic E-state index is -0.466. The molecule has 0 aliphatic carbocycles. The molecule has 0 N–H and O–H groups in total. The predicted octanol–water partition coefficient (Wildman–Crippen LogP) is 0.267. The summed E-state index contributed by atoms with van der Waals surface area (Å²) in [5, 5.41) is 3.94. The number of rotatable bonds is 4. The van der Waals surface area contributed by atoms with Crippen LogP contribution in [-0.4, -0.2) is 45.1 Å². The van der Waals surface area contributed by atoms with Gasteiger partial charge in [-0.3, -0.25) is 14.4 Å². The van der Waals surface area contributed by atoms with Crippen LogP contribution < -0.4 is 0 Å². The van der Waals surface area contributed by atoms with Crippen LogP contribution in [-0.2, 0) is 18.3 Å². The summed E-state index contributed by atoms with van der Waals surface area (Å²) in [4.78, 5) is 18.0. The van der Waals surface area contributed by atoms with Gasteiger partial charge >= 0.3 is 0 Å². The van der Waals surface area contributed by atoms with Gasteiger partial charge in [0.05, 0.1) is 12.0 Å². The third kappa shape index (κ3) is 2.41. The van der Waals surface area contributed by atoms with E-state index in [9.17, 15) is 4.79 Å². The molecule has 0 bridgehead atoms. The molecule has 15 heavy (non-hydrogen) atoms. The van der Waals surface area contributed by atoms with Crippen LogP contribution in [0.25, 0.3) is 0 Å². The molecule has 5 nitrogen and oxygen atoms in total. The van der Waals surface area contributed by atoms with E-state index in [-0.39, 0.29) is 5.78 Å². The summed E-state index contributed by atoms with van der Waals surface area (Å²) >= 11 is 0. The summed E-state index contributed by atoms with van der Waals surface area (Å²) in [6, 6.07) is 0. The Morgan fingerprint density at radius 1 is 1.53 bits per heavy atom. The van der Waals surface area contributed by atoms with E-state index < -0.39 is 5.54 Å². The first-order chi connectivity index (χ1) is 6.85. The molecule has 1 aromatic rings. The molecular weight excluding hydrogens is 192 g/mol. The Bertz CT molecular complexity index is 354. The lowest BCUT2D eigenvalue weighted by Crippen LogP contribution is -2.46. The lowest BCUT2D eigenvalue weighted by molar-refractivity contribution is -0.127. The molecule has 0 fully saturated rings. The summed E-state index contributed by atoms with van der Waals surface area (Å²) in [6.45, 7) is 3.82. The van der Waals surface area contributed by atoms with Gasteiger partial charge in [0, 0.05) is 7.05 Å². The first-order valence-electron chi connectivity index (χ1n) is 4.89. The zero-order valence-corrected chi connectivity index (χ0v) is 9.98. The highest BCUT2D eigenvalue weighted by Crippen LogP contribution is 2.13. The molecule has 1 rings (SSSR count). The highest BCUT2D eigenvalue weighted by atomic mass is 16.1. The van der Waals surface area contributed by atoms with Crippen molar-refractivity contribution in [3.05, 3.63) is 12.2 Å². The van der Waals surface area contributed by atoms with Crippen LogP contribution >= 0.6 is 0 Å². The number of likely N-dealkylation sites (N-methyl/N-ethyl adjacent to an activating group) is 1. The van der Waals surface area contributed by atoms with Gasteiger partial charge < -0.3 is 0 Å². The van der Waals surface area contributed by atoms with Gasteiger partial charge in [0.2, 0.25) is 0 Å². The molecular formula is C10H18N4O. The number of hydrogen-bond acceptors (Lipinski definition) is 4. The molecule has 0 spiro atoms. The number of aryl methyl sites for hydroxylation is 1. The molecule has 0 aliphatic heterocycles. The van der Waals surface area contributed by atoms with Gasteiger partial charge in [0.1, 0.15) is 12.2 Å². The number of Topliss-reactive ketones (excluding diaryl/α,β-unsaturated/α-hetero) is 1. The lowest BCUT2D eigenvalue weighted by Gasteiger charge is -2.30. The van der Waals surface area contributed by atoms with E-state index in [1.807, 2.05) is 32.8 Å². The monoisotopic (exact) mass is 210 g/mol. The highest BCUT2D eigenvalue weighted by molar-refractivity contribution is 5.88. The van der Waals surface area contributed by atoms with Gasteiger partial charge in [-0.2, -0.15) is 5.10 Å². The van der Waals surface area contributed by atoms with Crippen molar-refractivity contribution in [1.29, 1.82) is 0 Å². The summed E-state index contributed by atoms with van der Waals surface area (Å²) in [5.74, 6) is 0.846. The molecule has 5 heteroatoms. The third-order valence-corrected chi connectivity index (χ3v) is 2.92. The number of aromatic nitrogens is 3. The molecule has 1 aromatic heterocycles. The molecule has 0 aromatic carbocycles. The lowest BCUT2D eigenvalue weighted by atomic mass is 9.95. The number of nitrogens with zero attached hydrogens (tertiary/aromatic N) is 4. The molecule has 0 unspecified atom stereocenters. The van der Waals surface area contributed by atoms with Crippen LogP contribution in [0.15, 0.2) is 6.33 Å². The van der Waals surface area contributed by atoms with Crippen LogP contribution in [0.1, 0.15) is 19.7 Å². The largest absolute Gasteiger partial charge is 0.298 e. The van der Waals surface area contributed by atoms with Crippen LogP contribution in [0.3, 0.4) is 0 Å². The smallest absolute Gasteiger partial charge is 0.160 e. The fraction of sp³-hybridized carbons (Fsp3) is 0.700. The molecule has 1 heterocycles. The van der Waals surface area contributed by atoms with E-state index in [4.69, 9.17) is 0 Å². The van der Waals surface area contributed by atoms with E-state index in [0.29, 0.717) is 12.2 Å². The fourth-order valence-corrected chi connectivity index (χ4v) is 1.09. The van der Waals surface area contributed by atoms with E-state index in [1.165, 1.54) is 6.33 Å². The fourth-order valence-electron chi connectivity index (χ4n) is 1.09. The number of ketones is 1. The highest BCUT2D eigenvalue weighted by Gasteiger charge is 2.30. The normalized spacial score (nSPS) is 12.1. The van der Waals surface area contributed by atoms with Crippen molar-refractivity contribution < 1.29 is 4.79 Å². The summed E-state index contributed by atoms with van der Waals surface area (Å²) in [7, 11) is 5.58. The third-order valence-electron chi connectivity index (χ3n) is 2.92. The van der Waals surface area contributed by atoms with E-state index in [0.717, 1.165) is 0 Å². The molecule has 0 atom stereocenters. The van der Waals surface area contributed by atoms with Gasteiger partial charge in [-0.1, -0.05) is 0 Å². The van der Waals surface area contributed by atoms with Crippen LogP contribution in [0, 0.1) is 0 Å². The first kappa shape index (κ1) is 11.8. The van der Waals surface area contributed by atoms with Gasteiger partial charge in [0.25, 0.3) is 0 Å². The number of hydrogen-bond donors (Lipinski definition) is 0. The van der Waals surface area contributed by atoms with Crippen molar-refractivity contribution >= 4 is 5.78 Å². The molecule has 84 valence electrons. The first-order valence-corrected chi connectivity index (χ1v) is 4.89. The molecule has 0 amide bonds. The minimum absolute atomic E-state index is 0.142. The molecule has 0 saturated heterocycles. The minimum Gasteiger partial charge on any atom is -0.298 e. The Hall–Kier alpha value is -1.23. The van der Waals surface area contributed by atoms with Crippen molar-refractivity contribution in [3.63, 3.8) is 0 Å². The van der Waals surface area contributed by atoms with Crippen molar-refractivity contribution in [2.75, 3.05) is 14.1 Å². The summed E-state index contributed by atoms with van der Waals surface area (Å²) in [6.07, 6.45) is 1.78. The molecule has 0 radical (unpaired) electrons. The maximum Gasteiger partial charge on any atom is 0.160 e. The topological polar surface area (TPSA) is 51.0 Å². The Morgan fingerprint density at radius 2 is 2.13 bits per heavy atom. The van der Waals surface area contributed by atoms with Crippen molar-refractivity contribution in [3.8, 4) is 0 Å². The van der Waals surface area contributed by atoms with Gasteiger partial charge in [0.15, 0.2) is 5.78 Å². The Kier molecular flexibility index (Phi) is 3.24. The Labute approximate surface area is 90.1 Å². The number of carbonyl (C=O) groups excluding carboxylic acids is 1. The Morgan fingerprint density at radius 3 is 2.53 bits per heavy atom. The van der Waals surface area contributed by atoms with E-state index >= 15 is 0 Å². The molecule has 0 aliphatic rings. The van der Waals surface area contributed by atoms with E-state index in [2.05, 4.69) is 10.1 Å². The maximum atomic E-state index is 12.0. The van der Waals surface area contributed by atoms with Crippen molar-refractivity contribution in [2.24, 2.45) is 7.05 Å². The van der Waals surface area contributed by atoms with Crippen LogP contribution in [0.2, 0.25) is 0 Å². The summed E-state index contributed by atoms with van der Waals surface area (Å²) < 4.78 is 1.63. The molecule has 0 saturated carbocycles. The van der Waals surface area contributed by atoms with Crippen molar-refractivity contribution in [2.45, 2.75) is 25.8 Å². The van der Waals surface area contributed by atoms with Crippen LogP contribution in [0.4, 0.5) is 0 Å². The van der Waals surface area contributed by atoms with Crippen LogP contribution in [0.5, 0.6) is 0 Å². The summed E-state index contributed by atoms with van der Waals surface area (Å²) in [5.41, 5.74) is -0.466. The zero-order chi connectivity index (χ0) is 11.6. The Balaban J connectivity index is 2.76. The average molecular weight is 210 g/mol. The van der Waals surface area contributed by atoms with Gasteiger partial charge in [-0.15, -0.1) is 0 Å². The van der Waals surface area contributed by atoms with Gasteiger partial charge in [-0.25, -0.2) is 4.98 Å². The van der Waals surface area contributed by atoms with E-state index in [1.54, 1.807) is 11.7 Å². The second kappa shape index (κ2) is 4.10. The predicted molar refractivity (Wildman–Crippen MR) is 57.5 cm³/mol. The van der Waals surface area contributed by atoms with Gasteiger partial charge in [-0.05, 0) is 27.9 Å². The SMILES string of the molecule is CN(C)C(C)(C)C(=O)Cc1ncnn1C. The second-order valence-corrected chi connectivity index (χ2v) is 4.35. The maximum absolute atomic E-state index is 12.0.